The Kier molecular flexibility index (Phi) is 5.62. The molecule has 1 atom stereocenters. The minimum atomic E-state index is -0.373. The highest BCUT2D eigenvalue weighted by Crippen LogP contribution is 2.35. The zero-order chi connectivity index (χ0) is 20.4. The number of likely N-dealkylation sites (tertiary alicyclic amines) is 1. The zero-order valence-corrected chi connectivity index (χ0v) is 17.4. The summed E-state index contributed by atoms with van der Waals surface area (Å²) in [6, 6.07) is 11.9. The summed E-state index contributed by atoms with van der Waals surface area (Å²) in [6.45, 7) is 2.63. The van der Waals surface area contributed by atoms with E-state index in [4.69, 9.17) is 9.26 Å². The number of amides is 1. The van der Waals surface area contributed by atoms with Gasteiger partial charge in [0.25, 0.3) is 0 Å². The van der Waals surface area contributed by atoms with Crippen LogP contribution in [0.2, 0.25) is 0 Å². The van der Waals surface area contributed by atoms with E-state index in [1.165, 1.54) is 6.07 Å². The third kappa shape index (κ3) is 4.17. The lowest BCUT2D eigenvalue weighted by atomic mass is 10.1. The summed E-state index contributed by atoms with van der Waals surface area (Å²) in [4.78, 5) is 18.5. The molecule has 0 bridgehead atoms. The lowest BCUT2D eigenvalue weighted by Crippen LogP contribution is -2.27. The highest BCUT2D eigenvalue weighted by Gasteiger charge is 2.36. The van der Waals surface area contributed by atoms with Crippen LogP contribution in [-0.4, -0.2) is 27.6 Å². The van der Waals surface area contributed by atoms with E-state index in [9.17, 15) is 9.18 Å². The molecule has 1 unspecified atom stereocenters. The lowest BCUT2D eigenvalue weighted by molar-refractivity contribution is -0.130. The molecule has 2 heterocycles. The van der Waals surface area contributed by atoms with Gasteiger partial charge in [-0.3, -0.25) is 4.79 Å². The largest absolute Gasteiger partial charge is 0.494 e. The van der Waals surface area contributed by atoms with Gasteiger partial charge in [0.15, 0.2) is 0 Å². The number of ether oxygens (including phenoxy) is 1. The molecule has 0 radical (unpaired) electrons. The number of carbonyl (C=O) groups excluding carboxylic acids is 1. The molecule has 0 aliphatic carbocycles. The van der Waals surface area contributed by atoms with Crippen LogP contribution < -0.4 is 4.74 Å². The number of aromatic nitrogens is 2. The van der Waals surface area contributed by atoms with Gasteiger partial charge in [-0.05, 0) is 37.6 Å². The van der Waals surface area contributed by atoms with Crippen molar-refractivity contribution >= 4 is 21.8 Å². The molecule has 1 amide bonds. The molecule has 1 saturated heterocycles. The van der Waals surface area contributed by atoms with Crippen molar-refractivity contribution in [1.29, 1.82) is 0 Å². The van der Waals surface area contributed by atoms with Gasteiger partial charge in [-0.2, -0.15) is 4.98 Å². The maximum atomic E-state index is 14.3. The quantitative estimate of drug-likeness (QED) is 0.524. The Morgan fingerprint density at radius 3 is 2.97 bits per heavy atom. The fraction of sp³-hybridized carbons (Fsp3) is 0.286. The first kappa shape index (κ1) is 19.6. The van der Waals surface area contributed by atoms with Crippen LogP contribution in [-0.2, 0) is 11.3 Å². The molecule has 6 nitrogen and oxygen atoms in total. The first-order valence-electron chi connectivity index (χ1n) is 9.35. The monoisotopic (exact) mass is 459 g/mol. The average Bonchev–Trinajstić information content (AvgIpc) is 3.32. The van der Waals surface area contributed by atoms with Gasteiger partial charge >= 0.3 is 0 Å². The van der Waals surface area contributed by atoms with Gasteiger partial charge in [0.2, 0.25) is 17.6 Å². The number of hydrogen-bond acceptors (Lipinski definition) is 5. The van der Waals surface area contributed by atoms with Gasteiger partial charge in [0, 0.05) is 28.6 Å². The topological polar surface area (TPSA) is 68.5 Å². The maximum absolute atomic E-state index is 14.3. The Labute approximate surface area is 175 Å². The molecule has 1 aromatic heterocycles. The highest BCUT2D eigenvalue weighted by molar-refractivity contribution is 9.10. The van der Waals surface area contributed by atoms with Crippen molar-refractivity contribution in [3.05, 3.63) is 64.2 Å². The second-order valence-electron chi connectivity index (χ2n) is 6.73. The molecule has 1 aliphatic heterocycles. The number of benzene rings is 2. The number of carbonyl (C=O) groups is 1. The minimum Gasteiger partial charge on any atom is -0.494 e. The zero-order valence-electron chi connectivity index (χ0n) is 15.8. The normalized spacial score (nSPS) is 16.4. The molecule has 1 aliphatic rings. The number of nitrogens with zero attached hydrogens (tertiary/aromatic N) is 3. The van der Waals surface area contributed by atoms with Crippen LogP contribution in [0.3, 0.4) is 0 Å². The van der Waals surface area contributed by atoms with Gasteiger partial charge in [-0.15, -0.1) is 0 Å². The van der Waals surface area contributed by atoms with Crippen molar-refractivity contribution in [2.75, 3.05) is 6.61 Å². The molecule has 29 heavy (non-hydrogen) atoms. The first-order chi connectivity index (χ1) is 14.0. The van der Waals surface area contributed by atoms with E-state index in [0.29, 0.717) is 41.2 Å². The van der Waals surface area contributed by atoms with Crippen LogP contribution >= 0.6 is 15.9 Å². The number of rotatable bonds is 6. The predicted molar refractivity (Wildman–Crippen MR) is 108 cm³/mol. The van der Waals surface area contributed by atoms with Crippen LogP contribution in [0.5, 0.6) is 5.75 Å². The molecule has 2 aromatic carbocycles. The van der Waals surface area contributed by atoms with E-state index in [-0.39, 0.29) is 24.3 Å². The van der Waals surface area contributed by atoms with E-state index in [0.717, 1.165) is 11.3 Å². The molecule has 0 saturated carbocycles. The van der Waals surface area contributed by atoms with Crippen LogP contribution in [0.4, 0.5) is 4.39 Å². The Hall–Kier alpha value is -2.74. The summed E-state index contributed by atoms with van der Waals surface area (Å²) in [5.41, 5.74) is 1.21. The summed E-state index contributed by atoms with van der Waals surface area (Å²) in [7, 11) is 0. The molecular formula is C21H19BrFN3O3. The summed E-state index contributed by atoms with van der Waals surface area (Å²) in [6.07, 6.45) is 0.915. The number of hydrogen-bond donors (Lipinski definition) is 0. The van der Waals surface area contributed by atoms with Crippen molar-refractivity contribution in [3.8, 4) is 17.1 Å². The molecule has 3 aromatic rings. The van der Waals surface area contributed by atoms with Crippen LogP contribution in [0.1, 0.15) is 37.3 Å². The molecule has 8 heteroatoms. The molecule has 4 rings (SSSR count). The van der Waals surface area contributed by atoms with Gasteiger partial charge in [-0.1, -0.05) is 39.3 Å². The Balaban J connectivity index is 1.57. The third-order valence-electron chi connectivity index (χ3n) is 4.81. The molecule has 0 spiro atoms. The van der Waals surface area contributed by atoms with Crippen molar-refractivity contribution in [3.63, 3.8) is 0 Å². The molecule has 0 N–H and O–H groups in total. The van der Waals surface area contributed by atoms with Crippen LogP contribution in [0.25, 0.3) is 11.4 Å². The average molecular weight is 460 g/mol. The predicted octanol–water partition coefficient (Wildman–Crippen LogP) is 4.90. The fourth-order valence-corrected chi connectivity index (χ4v) is 3.73. The Bertz CT molecular complexity index is 1040. The summed E-state index contributed by atoms with van der Waals surface area (Å²) >= 11 is 3.25. The van der Waals surface area contributed by atoms with E-state index >= 15 is 0 Å². The highest BCUT2D eigenvalue weighted by atomic mass is 79.9. The van der Waals surface area contributed by atoms with Crippen molar-refractivity contribution < 1.29 is 18.4 Å². The van der Waals surface area contributed by atoms with E-state index in [2.05, 4.69) is 26.1 Å². The smallest absolute Gasteiger partial charge is 0.249 e. The molecule has 1 fully saturated rings. The summed E-state index contributed by atoms with van der Waals surface area (Å²) < 4.78 is 25.9. The fourth-order valence-electron chi connectivity index (χ4n) is 3.40. The SMILES string of the molecule is CCOc1cccc(-c2noc(C3CCC(=O)N3Cc3ccc(Br)cc3F)n2)c1. The van der Waals surface area contributed by atoms with Gasteiger partial charge in [0.05, 0.1) is 6.61 Å². The summed E-state index contributed by atoms with van der Waals surface area (Å²) in [5.74, 6) is 1.08. The maximum Gasteiger partial charge on any atom is 0.249 e. The van der Waals surface area contributed by atoms with Crippen LogP contribution in [0.15, 0.2) is 51.5 Å². The molecular weight excluding hydrogens is 441 g/mol. The van der Waals surface area contributed by atoms with Gasteiger partial charge in [0.1, 0.15) is 17.6 Å². The third-order valence-corrected chi connectivity index (χ3v) is 5.31. The first-order valence-corrected chi connectivity index (χ1v) is 10.1. The number of halogens is 2. The van der Waals surface area contributed by atoms with Gasteiger partial charge in [-0.25, -0.2) is 4.39 Å². The van der Waals surface area contributed by atoms with E-state index in [1.54, 1.807) is 17.0 Å². The van der Waals surface area contributed by atoms with E-state index < -0.39 is 0 Å². The second-order valence-corrected chi connectivity index (χ2v) is 7.64. The lowest BCUT2D eigenvalue weighted by Gasteiger charge is -2.22. The van der Waals surface area contributed by atoms with Crippen LogP contribution in [0, 0.1) is 5.82 Å². The molecule has 150 valence electrons. The second kappa shape index (κ2) is 8.32. The van der Waals surface area contributed by atoms with Gasteiger partial charge < -0.3 is 14.2 Å². The van der Waals surface area contributed by atoms with Crippen molar-refractivity contribution in [1.82, 2.24) is 15.0 Å². The Morgan fingerprint density at radius 1 is 1.31 bits per heavy atom. The summed E-state index contributed by atoms with van der Waals surface area (Å²) in [5, 5.41) is 4.07. The van der Waals surface area contributed by atoms with Crippen molar-refractivity contribution in [2.45, 2.75) is 32.4 Å². The van der Waals surface area contributed by atoms with Crippen molar-refractivity contribution in [2.24, 2.45) is 0 Å². The standard InChI is InChI=1S/C21H19BrFN3O3/c1-2-28-16-5-3-4-13(10-16)20-24-21(29-25-20)18-8-9-19(27)26(18)12-14-6-7-15(22)11-17(14)23/h3-7,10-11,18H,2,8-9,12H2,1H3. The Morgan fingerprint density at radius 2 is 2.17 bits per heavy atom. The minimum absolute atomic E-state index is 0.0598. The van der Waals surface area contributed by atoms with E-state index in [1.807, 2.05) is 31.2 Å².